The highest BCUT2D eigenvalue weighted by atomic mass is 35.5. The predicted octanol–water partition coefficient (Wildman–Crippen LogP) is 0.515. The summed E-state index contributed by atoms with van der Waals surface area (Å²) in [6.07, 6.45) is 0. The third-order valence-electron chi connectivity index (χ3n) is 2.93. The first-order chi connectivity index (χ1) is 9.90. The molecule has 1 saturated heterocycles. The molecular formula is C11H14ClN3O5S. The van der Waals surface area contributed by atoms with E-state index in [0.29, 0.717) is 19.8 Å². The zero-order valence-electron chi connectivity index (χ0n) is 10.9. The molecule has 1 aliphatic heterocycles. The number of nitrogens with zero attached hydrogens (tertiary/aromatic N) is 1. The molecule has 2 rings (SSSR count). The summed E-state index contributed by atoms with van der Waals surface area (Å²) in [6.45, 7) is 1.81. The molecule has 2 N–H and O–H groups in total. The molecule has 1 aromatic carbocycles. The average Bonchev–Trinajstić information content (AvgIpc) is 2.46. The number of non-ortho nitro benzene ring substituents is 1. The van der Waals surface area contributed by atoms with Crippen LogP contribution in [-0.4, -0.2) is 45.7 Å². The molecule has 1 fully saturated rings. The SMILES string of the molecule is O=[N+]([O-])c1ccc(S(=O)(=O)NCC2COCCN2)c(Cl)c1. The highest BCUT2D eigenvalue weighted by Gasteiger charge is 2.22. The molecule has 1 atom stereocenters. The van der Waals surface area contributed by atoms with Crippen LogP contribution in [0.5, 0.6) is 0 Å². The van der Waals surface area contributed by atoms with E-state index in [-0.39, 0.29) is 28.2 Å². The summed E-state index contributed by atoms with van der Waals surface area (Å²) in [5.74, 6) is 0. The lowest BCUT2D eigenvalue weighted by Crippen LogP contribution is -2.48. The van der Waals surface area contributed by atoms with Gasteiger partial charge in [-0.15, -0.1) is 0 Å². The number of benzene rings is 1. The standard InChI is InChI=1S/C11H14ClN3O5S/c12-10-5-9(15(16)17)1-2-11(10)21(18,19)14-6-8-7-20-4-3-13-8/h1-2,5,8,13-14H,3-4,6-7H2. The molecule has 0 aliphatic carbocycles. The van der Waals surface area contributed by atoms with Crippen LogP contribution in [0.2, 0.25) is 5.02 Å². The fourth-order valence-corrected chi connectivity index (χ4v) is 3.48. The Morgan fingerprint density at radius 2 is 2.29 bits per heavy atom. The van der Waals surface area contributed by atoms with Crippen LogP contribution in [0.25, 0.3) is 0 Å². The maximum absolute atomic E-state index is 12.1. The first-order valence-corrected chi connectivity index (χ1v) is 8.01. The summed E-state index contributed by atoms with van der Waals surface area (Å²) in [5, 5.41) is 13.5. The number of nitrogens with one attached hydrogen (secondary N) is 2. The van der Waals surface area contributed by atoms with Gasteiger partial charge in [-0.25, -0.2) is 13.1 Å². The van der Waals surface area contributed by atoms with E-state index in [2.05, 4.69) is 10.0 Å². The van der Waals surface area contributed by atoms with Gasteiger partial charge in [-0.05, 0) is 6.07 Å². The number of nitro groups is 1. The Morgan fingerprint density at radius 3 is 2.86 bits per heavy atom. The highest BCUT2D eigenvalue weighted by Crippen LogP contribution is 2.25. The topological polar surface area (TPSA) is 111 Å². The number of hydrogen-bond acceptors (Lipinski definition) is 6. The molecule has 1 heterocycles. The van der Waals surface area contributed by atoms with E-state index >= 15 is 0 Å². The van der Waals surface area contributed by atoms with Gasteiger partial charge in [0.15, 0.2) is 0 Å². The molecule has 0 aromatic heterocycles. The minimum absolute atomic E-state index is 0.120. The van der Waals surface area contributed by atoms with Crippen LogP contribution >= 0.6 is 11.6 Å². The van der Waals surface area contributed by atoms with E-state index in [1.807, 2.05) is 0 Å². The van der Waals surface area contributed by atoms with Crippen molar-refractivity contribution in [3.8, 4) is 0 Å². The summed E-state index contributed by atoms with van der Waals surface area (Å²) >= 11 is 5.82. The first-order valence-electron chi connectivity index (χ1n) is 6.15. The molecule has 21 heavy (non-hydrogen) atoms. The Hall–Kier alpha value is -1.26. The molecule has 116 valence electrons. The van der Waals surface area contributed by atoms with Crippen LogP contribution in [0.3, 0.4) is 0 Å². The van der Waals surface area contributed by atoms with Crippen molar-refractivity contribution in [1.82, 2.24) is 10.0 Å². The summed E-state index contributed by atoms with van der Waals surface area (Å²) in [6, 6.07) is 3.11. The summed E-state index contributed by atoms with van der Waals surface area (Å²) in [5.41, 5.74) is -0.263. The van der Waals surface area contributed by atoms with Crippen LogP contribution in [0.1, 0.15) is 0 Å². The Morgan fingerprint density at radius 1 is 1.52 bits per heavy atom. The van der Waals surface area contributed by atoms with Crippen molar-refractivity contribution in [3.05, 3.63) is 33.3 Å². The first kappa shape index (κ1) is 16.1. The fourth-order valence-electron chi connectivity index (χ4n) is 1.86. The van der Waals surface area contributed by atoms with Gasteiger partial charge in [-0.3, -0.25) is 10.1 Å². The monoisotopic (exact) mass is 335 g/mol. The highest BCUT2D eigenvalue weighted by molar-refractivity contribution is 7.89. The van der Waals surface area contributed by atoms with Crippen LogP contribution in [0, 0.1) is 10.1 Å². The molecule has 10 heteroatoms. The molecule has 0 spiro atoms. The zero-order chi connectivity index (χ0) is 15.5. The van der Waals surface area contributed by atoms with Gasteiger partial charge >= 0.3 is 0 Å². The number of hydrogen-bond donors (Lipinski definition) is 2. The zero-order valence-corrected chi connectivity index (χ0v) is 12.5. The van der Waals surface area contributed by atoms with Crippen molar-refractivity contribution >= 4 is 27.3 Å². The van der Waals surface area contributed by atoms with Gasteiger partial charge in [-0.1, -0.05) is 11.6 Å². The summed E-state index contributed by atoms with van der Waals surface area (Å²) < 4.78 is 31.9. The molecule has 8 nitrogen and oxygen atoms in total. The van der Waals surface area contributed by atoms with E-state index in [1.54, 1.807) is 0 Å². The van der Waals surface area contributed by atoms with E-state index in [0.717, 1.165) is 18.2 Å². The largest absolute Gasteiger partial charge is 0.378 e. The molecule has 0 radical (unpaired) electrons. The lowest BCUT2D eigenvalue weighted by molar-refractivity contribution is -0.384. The molecule has 0 bridgehead atoms. The van der Waals surface area contributed by atoms with Crippen molar-refractivity contribution in [2.75, 3.05) is 26.3 Å². The maximum atomic E-state index is 12.1. The Bertz CT molecular complexity index is 631. The minimum Gasteiger partial charge on any atom is -0.378 e. The molecule has 1 aromatic rings. The Kier molecular flexibility index (Phi) is 5.12. The second-order valence-corrected chi connectivity index (χ2v) is 6.59. The minimum atomic E-state index is -3.83. The summed E-state index contributed by atoms with van der Waals surface area (Å²) in [4.78, 5) is 9.78. The van der Waals surface area contributed by atoms with Crippen LogP contribution in [-0.2, 0) is 14.8 Å². The lowest BCUT2D eigenvalue weighted by Gasteiger charge is -2.23. The van der Waals surface area contributed by atoms with E-state index < -0.39 is 14.9 Å². The third kappa shape index (κ3) is 4.11. The maximum Gasteiger partial charge on any atom is 0.271 e. The Balaban J connectivity index is 2.10. The van der Waals surface area contributed by atoms with Crippen molar-refractivity contribution in [2.45, 2.75) is 10.9 Å². The van der Waals surface area contributed by atoms with Gasteiger partial charge in [-0.2, -0.15) is 0 Å². The Labute approximate surface area is 126 Å². The average molecular weight is 336 g/mol. The quantitative estimate of drug-likeness (QED) is 0.599. The number of halogens is 1. The van der Waals surface area contributed by atoms with Crippen molar-refractivity contribution < 1.29 is 18.1 Å². The number of nitro benzene ring substituents is 1. The molecule has 1 unspecified atom stereocenters. The van der Waals surface area contributed by atoms with Gasteiger partial charge in [0.2, 0.25) is 10.0 Å². The second-order valence-electron chi connectivity index (χ2n) is 4.45. The normalized spacial score (nSPS) is 19.4. The molecule has 1 aliphatic rings. The van der Waals surface area contributed by atoms with Crippen molar-refractivity contribution in [2.24, 2.45) is 0 Å². The molecule has 0 amide bonds. The van der Waals surface area contributed by atoms with E-state index in [9.17, 15) is 18.5 Å². The lowest BCUT2D eigenvalue weighted by atomic mass is 10.3. The van der Waals surface area contributed by atoms with Crippen LogP contribution in [0.4, 0.5) is 5.69 Å². The van der Waals surface area contributed by atoms with Crippen molar-refractivity contribution in [1.29, 1.82) is 0 Å². The van der Waals surface area contributed by atoms with Gasteiger partial charge < -0.3 is 10.1 Å². The van der Waals surface area contributed by atoms with Gasteiger partial charge in [0.05, 0.1) is 23.2 Å². The van der Waals surface area contributed by atoms with Gasteiger partial charge in [0.25, 0.3) is 5.69 Å². The number of ether oxygens (including phenoxy) is 1. The van der Waals surface area contributed by atoms with Crippen LogP contribution in [0.15, 0.2) is 23.1 Å². The molecule has 0 saturated carbocycles. The summed E-state index contributed by atoms with van der Waals surface area (Å²) in [7, 11) is -3.83. The van der Waals surface area contributed by atoms with Crippen LogP contribution < -0.4 is 10.0 Å². The van der Waals surface area contributed by atoms with Gasteiger partial charge in [0.1, 0.15) is 4.90 Å². The number of rotatable bonds is 5. The third-order valence-corrected chi connectivity index (χ3v) is 4.84. The molecular weight excluding hydrogens is 322 g/mol. The second kappa shape index (κ2) is 6.67. The fraction of sp³-hybridized carbons (Fsp3) is 0.455. The number of morpholine rings is 1. The van der Waals surface area contributed by atoms with E-state index in [1.165, 1.54) is 0 Å². The number of sulfonamides is 1. The van der Waals surface area contributed by atoms with Gasteiger partial charge in [0, 0.05) is 31.3 Å². The van der Waals surface area contributed by atoms with Crippen molar-refractivity contribution in [3.63, 3.8) is 0 Å². The smallest absolute Gasteiger partial charge is 0.271 e. The van der Waals surface area contributed by atoms with E-state index in [4.69, 9.17) is 16.3 Å². The predicted molar refractivity (Wildman–Crippen MR) is 75.9 cm³/mol.